The van der Waals surface area contributed by atoms with Gasteiger partial charge in [0.25, 0.3) is 0 Å². The molecule has 22 heavy (non-hydrogen) atoms. The number of aromatic nitrogens is 2. The average Bonchev–Trinajstić information content (AvgIpc) is 2.80. The van der Waals surface area contributed by atoms with Gasteiger partial charge in [-0.1, -0.05) is 11.8 Å². The van der Waals surface area contributed by atoms with E-state index in [2.05, 4.69) is 29.1 Å². The van der Waals surface area contributed by atoms with Crippen molar-refractivity contribution in [2.75, 3.05) is 31.9 Å². The standard InChI is InChI=1S/C15H20N4OS2/c1-9-10(2)22-15-13(9)14(17-11(3)18-15)21-8-12(20)19-6-4-16-5-7-19/h16H,4-8H2,1-3H3. The molecule has 1 aliphatic rings. The molecule has 118 valence electrons. The molecule has 1 aliphatic heterocycles. The van der Waals surface area contributed by atoms with Crippen molar-refractivity contribution in [1.29, 1.82) is 0 Å². The van der Waals surface area contributed by atoms with Gasteiger partial charge in [0.1, 0.15) is 15.7 Å². The topological polar surface area (TPSA) is 58.1 Å². The molecule has 0 atom stereocenters. The van der Waals surface area contributed by atoms with Crippen molar-refractivity contribution in [2.24, 2.45) is 0 Å². The Labute approximate surface area is 138 Å². The number of thioether (sulfide) groups is 1. The summed E-state index contributed by atoms with van der Waals surface area (Å²) in [6.45, 7) is 9.49. The van der Waals surface area contributed by atoms with Crippen LogP contribution in [0.25, 0.3) is 10.2 Å². The lowest BCUT2D eigenvalue weighted by molar-refractivity contribution is -0.128. The molecule has 5 nitrogen and oxygen atoms in total. The lowest BCUT2D eigenvalue weighted by atomic mass is 10.2. The molecule has 7 heteroatoms. The highest BCUT2D eigenvalue weighted by Gasteiger charge is 2.19. The summed E-state index contributed by atoms with van der Waals surface area (Å²) >= 11 is 3.24. The van der Waals surface area contributed by atoms with Crippen LogP contribution in [-0.4, -0.2) is 52.7 Å². The van der Waals surface area contributed by atoms with E-state index in [0.717, 1.165) is 47.2 Å². The lowest BCUT2D eigenvalue weighted by Crippen LogP contribution is -2.47. The molecular formula is C15H20N4OS2. The predicted octanol–water partition coefficient (Wildman–Crippen LogP) is 2.14. The summed E-state index contributed by atoms with van der Waals surface area (Å²) in [5, 5.41) is 5.32. The van der Waals surface area contributed by atoms with E-state index in [1.807, 2.05) is 11.8 Å². The Kier molecular flexibility index (Phi) is 4.65. The van der Waals surface area contributed by atoms with E-state index in [1.54, 1.807) is 11.3 Å². The third-order valence-electron chi connectivity index (χ3n) is 3.91. The molecular weight excluding hydrogens is 316 g/mol. The summed E-state index contributed by atoms with van der Waals surface area (Å²) in [5.41, 5.74) is 1.23. The number of carbonyl (C=O) groups is 1. The maximum absolute atomic E-state index is 12.3. The fraction of sp³-hybridized carbons (Fsp3) is 0.533. The van der Waals surface area contributed by atoms with Gasteiger partial charge in [-0.25, -0.2) is 9.97 Å². The van der Waals surface area contributed by atoms with Crippen LogP contribution in [0.2, 0.25) is 0 Å². The van der Waals surface area contributed by atoms with Crippen molar-refractivity contribution in [3.05, 3.63) is 16.3 Å². The van der Waals surface area contributed by atoms with E-state index in [-0.39, 0.29) is 5.91 Å². The highest BCUT2D eigenvalue weighted by molar-refractivity contribution is 8.00. The molecule has 0 saturated carbocycles. The van der Waals surface area contributed by atoms with E-state index >= 15 is 0 Å². The van der Waals surface area contributed by atoms with E-state index in [9.17, 15) is 4.79 Å². The minimum Gasteiger partial charge on any atom is -0.339 e. The number of rotatable bonds is 3. The molecule has 0 aromatic carbocycles. The van der Waals surface area contributed by atoms with Crippen LogP contribution >= 0.6 is 23.1 Å². The number of amides is 1. The molecule has 0 spiro atoms. The third kappa shape index (κ3) is 3.11. The van der Waals surface area contributed by atoms with Gasteiger partial charge in [0.2, 0.25) is 5.91 Å². The van der Waals surface area contributed by atoms with Crippen LogP contribution < -0.4 is 5.32 Å². The molecule has 2 aromatic heterocycles. The van der Waals surface area contributed by atoms with Gasteiger partial charge < -0.3 is 10.2 Å². The molecule has 1 amide bonds. The van der Waals surface area contributed by atoms with Gasteiger partial charge in [0.15, 0.2) is 0 Å². The van der Waals surface area contributed by atoms with Crippen LogP contribution in [0.4, 0.5) is 0 Å². The summed E-state index contributed by atoms with van der Waals surface area (Å²) in [4.78, 5) is 25.6. The zero-order chi connectivity index (χ0) is 15.7. The number of piperazine rings is 1. The Balaban J connectivity index is 1.80. The summed E-state index contributed by atoms with van der Waals surface area (Å²) in [6.07, 6.45) is 0. The monoisotopic (exact) mass is 336 g/mol. The highest BCUT2D eigenvalue weighted by Crippen LogP contribution is 2.35. The molecule has 1 N–H and O–H groups in total. The number of hydrogen-bond acceptors (Lipinski definition) is 6. The number of fused-ring (bicyclic) bond motifs is 1. The lowest BCUT2D eigenvalue weighted by Gasteiger charge is -2.27. The first-order valence-corrected chi connectivity index (χ1v) is 9.22. The molecule has 3 rings (SSSR count). The van der Waals surface area contributed by atoms with Gasteiger partial charge in [-0.05, 0) is 26.3 Å². The second-order valence-corrected chi connectivity index (χ2v) is 7.63. The summed E-state index contributed by atoms with van der Waals surface area (Å²) in [7, 11) is 0. The first-order chi connectivity index (χ1) is 10.6. The largest absolute Gasteiger partial charge is 0.339 e. The minimum absolute atomic E-state index is 0.195. The first kappa shape index (κ1) is 15.7. The van der Waals surface area contributed by atoms with E-state index < -0.39 is 0 Å². The second kappa shape index (κ2) is 6.52. The van der Waals surface area contributed by atoms with Crippen molar-refractivity contribution in [3.8, 4) is 0 Å². The highest BCUT2D eigenvalue weighted by atomic mass is 32.2. The number of thiophene rings is 1. The van der Waals surface area contributed by atoms with Crippen LogP contribution in [0.3, 0.4) is 0 Å². The van der Waals surface area contributed by atoms with Crippen LogP contribution in [0, 0.1) is 20.8 Å². The minimum atomic E-state index is 0.195. The number of nitrogens with zero attached hydrogens (tertiary/aromatic N) is 3. The van der Waals surface area contributed by atoms with E-state index in [0.29, 0.717) is 5.75 Å². The summed E-state index contributed by atoms with van der Waals surface area (Å²) in [6, 6.07) is 0. The molecule has 2 aromatic rings. The number of hydrogen-bond donors (Lipinski definition) is 1. The molecule has 0 bridgehead atoms. The first-order valence-electron chi connectivity index (χ1n) is 7.42. The number of aryl methyl sites for hydroxylation is 3. The van der Waals surface area contributed by atoms with Gasteiger partial charge in [-0.3, -0.25) is 4.79 Å². The second-order valence-electron chi connectivity index (χ2n) is 5.46. The molecule has 1 fully saturated rings. The zero-order valence-corrected chi connectivity index (χ0v) is 14.7. The zero-order valence-electron chi connectivity index (χ0n) is 13.1. The normalized spacial score (nSPS) is 15.5. The summed E-state index contributed by atoms with van der Waals surface area (Å²) < 4.78 is 0. The van der Waals surface area contributed by atoms with Gasteiger partial charge in [0.05, 0.1) is 5.75 Å². The number of nitrogens with one attached hydrogen (secondary N) is 1. The summed E-state index contributed by atoms with van der Waals surface area (Å²) in [5.74, 6) is 1.41. The van der Waals surface area contributed by atoms with Crippen LogP contribution in [0.1, 0.15) is 16.3 Å². The van der Waals surface area contributed by atoms with Crippen molar-refractivity contribution < 1.29 is 4.79 Å². The molecule has 0 unspecified atom stereocenters. The van der Waals surface area contributed by atoms with Crippen LogP contribution in [0.5, 0.6) is 0 Å². The Bertz CT molecular complexity index is 707. The maximum atomic E-state index is 12.3. The predicted molar refractivity (Wildman–Crippen MR) is 91.8 cm³/mol. The van der Waals surface area contributed by atoms with Crippen molar-refractivity contribution in [3.63, 3.8) is 0 Å². The van der Waals surface area contributed by atoms with Gasteiger partial charge in [-0.2, -0.15) is 0 Å². The Morgan fingerprint density at radius 1 is 1.27 bits per heavy atom. The van der Waals surface area contributed by atoms with Gasteiger partial charge in [-0.15, -0.1) is 11.3 Å². The fourth-order valence-corrected chi connectivity index (χ4v) is 4.73. The van der Waals surface area contributed by atoms with Crippen molar-refractivity contribution in [1.82, 2.24) is 20.2 Å². The van der Waals surface area contributed by atoms with Crippen LogP contribution in [-0.2, 0) is 4.79 Å². The Morgan fingerprint density at radius 3 is 2.73 bits per heavy atom. The fourth-order valence-electron chi connectivity index (χ4n) is 2.55. The van der Waals surface area contributed by atoms with E-state index in [4.69, 9.17) is 0 Å². The average molecular weight is 336 g/mol. The molecule has 1 saturated heterocycles. The van der Waals surface area contributed by atoms with Gasteiger partial charge >= 0.3 is 0 Å². The van der Waals surface area contributed by atoms with E-state index in [1.165, 1.54) is 22.2 Å². The quantitative estimate of drug-likeness (QED) is 0.687. The SMILES string of the molecule is Cc1nc(SCC(=O)N2CCNCC2)c2c(C)c(C)sc2n1. The van der Waals surface area contributed by atoms with Crippen molar-refractivity contribution >= 4 is 39.2 Å². The molecule has 0 radical (unpaired) electrons. The Hall–Kier alpha value is -1.18. The smallest absolute Gasteiger partial charge is 0.233 e. The van der Waals surface area contributed by atoms with Crippen molar-refractivity contribution in [2.45, 2.75) is 25.8 Å². The van der Waals surface area contributed by atoms with Gasteiger partial charge in [0, 0.05) is 36.4 Å². The Morgan fingerprint density at radius 2 is 2.00 bits per heavy atom. The van der Waals surface area contributed by atoms with Crippen LogP contribution in [0.15, 0.2) is 5.03 Å². The maximum Gasteiger partial charge on any atom is 0.233 e. The molecule has 0 aliphatic carbocycles. The number of carbonyl (C=O) groups excluding carboxylic acids is 1. The molecule has 3 heterocycles. The third-order valence-corrected chi connectivity index (χ3v) is 5.97.